The van der Waals surface area contributed by atoms with E-state index < -0.39 is 0 Å². The normalized spacial score (nSPS) is 15.2. The molecule has 0 aliphatic rings. The van der Waals surface area contributed by atoms with E-state index in [4.69, 9.17) is 0 Å². The lowest BCUT2D eigenvalue weighted by Gasteiger charge is -2.09. The Kier molecular flexibility index (Phi) is 8.46. The summed E-state index contributed by atoms with van der Waals surface area (Å²) in [4.78, 5) is 0. The van der Waals surface area contributed by atoms with Crippen molar-refractivity contribution >= 4 is 0 Å². The third-order valence-corrected chi connectivity index (χ3v) is 2.85. The Morgan fingerprint density at radius 3 is 2.33 bits per heavy atom. The van der Waals surface area contributed by atoms with Gasteiger partial charge in [0.15, 0.2) is 0 Å². The van der Waals surface area contributed by atoms with Crippen molar-refractivity contribution in [2.24, 2.45) is 11.8 Å². The molecular formula is C15H28. The van der Waals surface area contributed by atoms with Gasteiger partial charge in [-0.1, -0.05) is 63.8 Å². The molecule has 0 fully saturated rings. The second-order valence-corrected chi connectivity index (χ2v) is 5.10. The summed E-state index contributed by atoms with van der Waals surface area (Å²) in [5, 5.41) is 0. The van der Waals surface area contributed by atoms with Gasteiger partial charge in [-0.2, -0.15) is 0 Å². The van der Waals surface area contributed by atoms with Crippen LogP contribution in [0.5, 0.6) is 0 Å². The second-order valence-electron chi connectivity index (χ2n) is 5.10. The molecule has 0 saturated carbocycles. The van der Waals surface area contributed by atoms with Gasteiger partial charge in [-0.3, -0.25) is 0 Å². The van der Waals surface area contributed by atoms with Crippen LogP contribution >= 0.6 is 0 Å². The van der Waals surface area contributed by atoms with Crippen molar-refractivity contribution in [3.63, 3.8) is 0 Å². The highest BCUT2D eigenvalue weighted by molar-refractivity contribution is 5.14. The highest BCUT2D eigenvalue weighted by Crippen LogP contribution is 2.15. The molecule has 1 atom stereocenters. The molecule has 0 aromatic rings. The zero-order chi connectivity index (χ0) is 11.7. The van der Waals surface area contributed by atoms with Gasteiger partial charge < -0.3 is 0 Å². The van der Waals surface area contributed by atoms with Gasteiger partial charge in [0.25, 0.3) is 0 Å². The van der Waals surface area contributed by atoms with Crippen molar-refractivity contribution in [1.29, 1.82) is 0 Å². The molecule has 0 N–H and O–H groups in total. The molecule has 0 aliphatic heterocycles. The van der Waals surface area contributed by atoms with E-state index >= 15 is 0 Å². The van der Waals surface area contributed by atoms with Gasteiger partial charge in [0.1, 0.15) is 0 Å². The Morgan fingerprint density at radius 2 is 1.80 bits per heavy atom. The standard InChI is InChI=1S/C15H28/c1-6-14(4)10-8-12-15(5)11-7-9-13(2)3/h6,8,10,13,15H,7,9,11-12H2,1-5H3/b10-8-,14-6+. The van der Waals surface area contributed by atoms with E-state index in [1.807, 2.05) is 0 Å². The summed E-state index contributed by atoms with van der Waals surface area (Å²) in [5.74, 6) is 1.70. The van der Waals surface area contributed by atoms with Crippen molar-refractivity contribution in [3.8, 4) is 0 Å². The van der Waals surface area contributed by atoms with E-state index in [0.717, 1.165) is 11.8 Å². The molecule has 0 radical (unpaired) electrons. The predicted octanol–water partition coefficient (Wildman–Crippen LogP) is 5.36. The molecule has 0 amide bonds. The molecule has 0 aliphatic carbocycles. The average Bonchev–Trinajstić information content (AvgIpc) is 2.17. The zero-order valence-electron chi connectivity index (χ0n) is 11.2. The van der Waals surface area contributed by atoms with Crippen LogP contribution in [0.15, 0.2) is 23.8 Å². The van der Waals surface area contributed by atoms with Gasteiger partial charge in [-0.15, -0.1) is 0 Å². The fourth-order valence-electron chi connectivity index (χ4n) is 1.57. The SMILES string of the molecule is C/C=C(C)/C=C\CC(C)CCCC(C)C. The lowest BCUT2D eigenvalue weighted by atomic mass is 9.97. The number of hydrogen-bond acceptors (Lipinski definition) is 0. The first-order valence-electron chi connectivity index (χ1n) is 6.35. The van der Waals surface area contributed by atoms with Crippen LogP contribution in [0.2, 0.25) is 0 Å². The highest BCUT2D eigenvalue weighted by Gasteiger charge is 2.00. The molecule has 1 unspecified atom stereocenters. The number of allylic oxidation sites excluding steroid dienone is 4. The molecule has 0 heteroatoms. The fourth-order valence-corrected chi connectivity index (χ4v) is 1.57. The highest BCUT2D eigenvalue weighted by atomic mass is 14.1. The maximum atomic E-state index is 2.36. The first-order valence-corrected chi connectivity index (χ1v) is 6.35. The first kappa shape index (κ1) is 14.5. The summed E-state index contributed by atoms with van der Waals surface area (Å²) in [6, 6.07) is 0. The van der Waals surface area contributed by atoms with Crippen LogP contribution in [0.1, 0.15) is 60.3 Å². The third kappa shape index (κ3) is 9.78. The monoisotopic (exact) mass is 208 g/mol. The van der Waals surface area contributed by atoms with Gasteiger partial charge in [0.05, 0.1) is 0 Å². The minimum absolute atomic E-state index is 0.838. The summed E-state index contributed by atoms with van der Waals surface area (Å²) < 4.78 is 0. The van der Waals surface area contributed by atoms with Gasteiger partial charge >= 0.3 is 0 Å². The molecule has 0 aromatic heterocycles. The maximum absolute atomic E-state index is 2.36. The lowest BCUT2D eigenvalue weighted by Crippen LogP contribution is -1.95. The van der Waals surface area contributed by atoms with Crippen LogP contribution in [0.4, 0.5) is 0 Å². The number of hydrogen-bond donors (Lipinski definition) is 0. The Labute approximate surface area is 96.5 Å². The molecule has 0 nitrogen and oxygen atoms in total. The Hall–Kier alpha value is -0.520. The van der Waals surface area contributed by atoms with Crippen LogP contribution in [0, 0.1) is 11.8 Å². The van der Waals surface area contributed by atoms with Crippen molar-refractivity contribution < 1.29 is 0 Å². The van der Waals surface area contributed by atoms with E-state index in [1.54, 1.807) is 0 Å². The first-order chi connectivity index (χ1) is 7.06. The molecular weight excluding hydrogens is 180 g/mol. The second kappa shape index (κ2) is 8.76. The van der Waals surface area contributed by atoms with E-state index in [9.17, 15) is 0 Å². The third-order valence-electron chi connectivity index (χ3n) is 2.85. The summed E-state index contributed by atoms with van der Waals surface area (Å²) in [5.41, 5.74) is 1.37. The molecule has 0 saturated heterocycles. The lowest BCUT2D eigenvalue weighted by molar-refractivity contribution is 0.461. The molecule has 0 rings (SSSR count). The molecule has 0 bridgehead atoms. The van der Waals surface area contributed by atoms with Gasteiger partial charge in [0, 0.05) is 0 Å². The summed E-state index contributed by atoms with van der Waals surface area (Å²) >= 11 is 0. The van der Waals surface area contributed by atoms with Crippen LogP contribution in [0.25, 0.3) is 0 Å². The smallest absolute Gasteiger partial charge is 0.0322 e. The van der Waals surface area contributed by atoms with E-state index in [0.29, 0.717) is 0 Å². The van der Waals surface area contributed by atoms with Gasteiger partial charge in [-0.25, -0.2) is 0 Å². The summed E-state index contributed by atoms with van der Waals surface area (Å²) in [7, 11) is 0. The number of rotatable bonds is 7. The topological polar surface area (TPSA) is 0 Å². The van der Waals surface area contributed by atoms with Crippen LogP contribution in [0.3, 0.4) is 0 Å². The maximum Gasteiger partial charge on any atom is -0.0322 e. The summed E-state index contributed by atoms with van der Waals surface area (Å²) in [6.07, 6.45) is 12.1. The molecule has 0 spiro atoms. The predicted molar refractivity (Wildman–Crippen MR) is 71.0 cm³/mol. The van der Waals surface area contributed by atoms with Crippen molar-refractivity contribution in [1.82, 2.24) is 0 Å². The largest absolute Gasteiger partial charge is 0.0847 e. The average molecular weight is 208 g/mol. The van der Waals surface area contributed by atoms with Crippen molar-refractivity contribution in [2.45, 2.75) is 60.3 Å². The van der Waals surface area contributed by atoms with E-state index in [-0.39, 0.29) is 0 Å². The minimum atomic E-state index is 0.838. The van der Waals surface area contributed by atoms with Gasteiger partial charge in [-0.05, 0) is 32.1 Å². The fraction of sp³-hybridized carbons (Fsp3) is 0.733. The molecule has 0 heterocycles. The van der Waals surface area contributed by atoms with Crippen LogP contribution < -0.4 is 0 Å². The van der Waals surface area contributed by atoms with Crippen molar-refractivity contribution in [3.05, 3.63) is 23.8 Å². The van der Waals surface area contributed by atoms with Crippen LogP contribution in [-0.4, -0.2) is 0 Å². The zero-order valence-corrected chi connectivity index (χ0v) is 11.2. The molecule has 0 aromatic carbocycles. The molecule has 88 valence electrons. The quantitative estimate of drug-likeness (QED) is 0.494. The van der Waals surface area contributed by atoms with Crippen LogP contribution in [-0.2, 0) is 0 Å². The molecule has 15 heavy (non-hydrogen) atoms. The Morgan fingerprint density at radius 1 is 1.13 bits per heavy atom. The van der Waals surface area contributed by atoms with E-state index in [2.05, 4.69) is 52.8 Å². The minimum Gasteiger partial charge on any atom is -0.0847 e. The summed E-state index contributed by atoms with van der Waals surface area (Å²) in [6.45, 7) is 11.2. The van der Waals surface area contributed by atoms with Gasteiger partial charge in [0.2, 0.25) is 0 Å². The van der Waals surface area contributed by atoms with Crippen molar-refractivity contribution in [2.75, 3.05) is 0 Å². The Bertz CT molecular complexity index is 196. The van der Waals surface area contributed by atoms with E-state index in [1.165, 1.54) is 31.3 Å². The Balaban J connectivity index is 3.57.